The first kappa shape index (κ1) is 33.9. The number of carboxylic acids is 1. The maximum Gasteiger partial charge on any atom is 0.408 e. The molecule has 5 unspecified atom stereocenters. The Morgan fingerprint density at radius 3 is 2.04 bits per heavy atom. The first-order valence-corrected chi connectivity index (χ1v) is 16.9. The van der Waals surface area contributed by atoms with E-state index in [0.29, 0.717) is 11.4 Å². The highest BCUT2D eigenvalue weighted by atomic mass is 16.6. The second-order valence-electron chi connectivity index (χ2n) is 14.4. The number of ether oxygens (including phenoxy) is 1. The predicted molar refractivity (Wildman–Crippen MR) is 182 cm³/mol. The molecular formula is C37H44N6O6. The number of likely N-dealkylation sites (tertiary alicyclic amines) is 1. The number of aromatic nitrogens is 3. The van der Waals surface area contributed by atoms with Crippen LogP contribution in [0.25, 0.3) is 22.5 Å². The van der Waals surface area contributed by atoms with Gasteiger partial charge in [0.25, 0.3) is 0 Å². The van der Waals surface area contributed by atoms with Gasteiger partial charge in [-0.15, -0.1) is 6.58 Å². The van der Waals surface area contributed by atoms with Gasteiger partial charge < -0.3 is 25.4 Å². The molecule has 3 amide bonds. The molecule has 3 aliphatic rings. The van der Waals surface area contributed by atoms with Crippen LogP contribution in [0.3, 0.4) is 0 Å². The number of benzene rings is 2. The lowest BCUT2D eigenvalue weighted by molar-refractivity contribution is -0.146. The third-order valence-corrected chi connectivity index (χ3v) is 9.89. The molecule has 5 atom stereocenters. The largest absolute Gasteiger partial charge is 0.479 e. The lowest BCUT2D eigenvalue weighted by Crippen LogP contribution is -2.59. The number of nitrogens with one attached hydrogen (secondary N) is 2. The van der Waals surface area contributed by atoms with Crippen LogP contribution in [0.4, 0.5) is 4.79 Å². The zero-order chi connectivity index (χ0) is 34.9. The Bertz CT molecular complexity index is 1660. The summed E-state index contributed by atoms with van der Waals surface area (Å²) in [5.74, 6) is -2.66. The molecule has 0 spiro atoms. The zero-order valence-electron chi connectivity index (χ0n) is 28.2. The van der Waals surface area contributed by atoms with E-state index in [2.05, 4.69) is 17.2 Å². The van der Waals surface area contributed by atoms with Gasteiger partial charge in [-0.3, -0.25) is 9.59 Å². The molecule has 2 aromatic carbocycles. The van der Waals surface area contributed by atoms with E-state index >= 15 is 0 Å². The highest BCUT2D eigenvalue weighted by Gasteiger charge is 2.61. The van der Waals surface area contributed by atoms with Crippen molar-refractivity contribution in [1.82, 2.24) is 30.5 Å². The highest BCUT2D eigenvalue weighted by molar-refractivity contribution is 5.96. The number of nitrogens with zero attached hydrogens (tertiary/aromatic N) is 4. The summed E-state index contributed by atoms with van der Waals surface area (Å²) in [7, 11) is 0. The van der Waals surface area contributed by atoms with Gasteiger partial charge in [0.05, 0.1) is 6.04 Å². The van der Waals surface area contributed by atoms with Gasteiger partial charge in [0.15, 0.2) is 0 Å². The van der Waals surface area contributed by atoms with Crippen LogP contribution in [0.15, 0.2) is 73.3 Å². The van der Waals surface area contributed by atoms with E-state index in [1.54, 1.807) is 4.80 Å². The number of carboxylic acid groups (broad SMARTS) is 1. The molecule has 3 fully saturated rings. The monoisotopic (exact) mass is 668 g/mol. The number of carbonyl (C=O) groups is 4. The first-order valence-electron chi connectivity index (χ1n) is 16.9. The van der Waals surface area contributed by atoms with Crippen molar-refractivity contribution in [2.45, 2.75) is 89.1 Å². The molecule has 12 heteroatoms. The van der Waals surface area contributed by atoms with Crippen molar-refractivity contribution in [2.75, 3.05) is 6.54 Å². The molecule has 2 aliphatic carbocycles. The minimum Gasteiger partial charge on any atom is -0.479 e. The third-order valence-electron chi connectivity index (χ3n) is 9.89. The summed E-state index contributed by atoms with van der Waals surface area (Å²) in [5, 5.41) is 25.4. The smallest absolute Gasteiger partial charge is 0.408 e. The standard InChI is InChI=1S/C37H44N6O6/c1-5-25-21-37(25,34(46)47)39-32(44)28-20-26(22-42(28)33(45)31(36(2,3)4)38-35(48)49-27-18-12-13-19-27)43-40-29(23-14-8-6-9-15-23)30(41-43)24-16-10-7-11-17-24/h5-11,14-17,25-28,31H,1,12-13,18-22H2,2-4H3,(H,38,48)(H,39,44)(H,46,47). The Morgan fingerprint density at radius 1 is 0.980 bits per heavy atom. The first-order chi connectivity index (χ1) is 23.4. The summed E-state index contributed by atoms with van der Waals surface area (Å²) in [6.07, 6.45) is 4.51. The number of amides is 3. The average molecular weight is 669 g/mol. The Kier molecular flexibility index (Phi) is 9.32. The van der Waals surface area contributed by atoms with Crippen molar-refractivity contribution in [2.24, 2.45) is 11.3 Å². The maximum atomic E-state index is 14.5. The topological polar surface area (TPSA) is 156 Å². The van der Waals surface area contributed by atoms with Gasteiger partial charge in [0.1, 0.15) is 35.1 Å². The number of alkyl carbamates (subject to hydrolysis) is 1. The predicted octanol–water partition coefficient (Wildman–Crippen LogP) is 4.98. The second kappa shape index (κ2) is 13.5. The van der Waals surface area contributed by atoms with Crippen molar-refractivity contribution in [3.05, 3.63) is 73.3 Å². The van der Waals surface area contributed by atoms with Gasteiger partial charge in [0.2, 0.25) is 11.8 Å². The summed E-state index contributed by atoms with van der Waals surface area (Å²) >= 11 is 0. The molecule has 1 aliphatic heterocycles. The summed E-state index contributed by atoms with van der Waals surface area (Å²) in [6, 6.07) is 16.7. The van der Waals surface area contributed by atoms with Crippen molar-refractivity contribution in [3.8, 4) is 22.5 Å². The maximum absolute atomic E-state index is 14.5. The molecule has 49 heavy (non-hydrogen) atoms. The number of aliphatic carboxylic acids is 1. The number of hydrogen-bond donors (Lipinski definition) is 3. The molecule has 0 radical (unpaired) electrons. The van der Waals surface area contributed by atoms with Crippen molar-refractivity contribution in [3.63, 3.8) is 0 Å². The summed E-state index contributed by atoms with van der Waals surface area (Å²) < 4.78 is 5.64. The fourth-order valence-corrected chi connectivity index (χ4v) is 6.98. The van der Waals surface area contributed by atoms with Gasteiger partial charge >= 0.3 is 12.1 Å². The van der Waals surface area contributed by atoms with E-state index < -0.39 is 58.9 Å². The van der Waals surface area contributed by atoms with Gasteiger partial charge in [0, 0.05) is 30.0 Å². The molecule has 0 bridgehead atoms. The van der Waals surface area contributed by atoms with Crippen molar-refractivity contribution < 1.29 is 29.0 Å². The van der Waals surface area contributed by atoms with Crippen LogP contribution in [0.2, 0.25) is 0 Å². The fourth-order valence-electron chi connectivity index (χ4n) is 6.98. The minimum absolute atomic E-state index is 0.0605. The number of carbonyl (C=O) groups excluding carboxylic acids is 3. The molecule has 1 aromatic heterocycles. The van der Waals surface area contributed by atoms with Gasteiger partial charge in [-0.25, -0.2) is 9.59 Å². The van der Waals surface area contributed by atoms with Gasteiger partial charge in [-0.1, -0.05) is 87.5 Å². The summed E-state index contributed by atoms with van der Waals surface area (Å²) in [5.41, 5.74) is 0.791. The molecule has 12 nitrogen and oxygen atoms in total. The average Bonchev–Trinajstić information content (AvgIpc) is 3.50. The van der Waals surface area contributed by atoms with Crippen LogP contribution in [-0.4, -0.2) is 79.1 Å². The SMILES string of the molecule is C=CC1CC1(NC(=O)C1CC(n2nc(-c3ccccc3)c(-c3ccccc3)n2)CN1C(=O)C(NC(=O)OC1CCCC1)C(C)(C)C)C(=O)O. The Balaban J connectivity index is 1.34. The summed E-state index contributed by atoms with van der Waals surface area (Å²) in [4.78, 5) is 56.9. The number of rotatable bonds is 10. The second-order valence-corrected chi connectivity index (χ2v) is 14.4. The van der Waals surface area contributed by atoms with E-state index in [1.807, 2.05) is 81.4 Å². The van der Waals surface area contributed by atoms with Crippen LogP contribution >= 0.6 is 0 Å². The van der Waals surface area contributed by atoms with Crippen LogP contribution in [0.5, 0.6) is 0 Å². The van der Waals surface area contributed by atoms with Gasteiger partial charge in [-0.05, 0) is 37.5 Å². The Hall–Kier alpha value is -5.00. The fraction of sp³-hybridized carbons (Fsp3) is 0.459. The van der Waals surface area contributed by atoms with Gasteiger partial charge in [-0.2, -0.15) is 15.0 Å². The van der Waals surface area contributed by atoms with Crippen LogP contribution in [0.1, 0.15) is 65.3 Å². The lowest BCUT2D eigenvalue weighted by Gasteiger charge is -2.35. The molecule has 258 valence electrons. The zero-order valence-corrected chi connectivity index (χ0v) is 28.2. The molecule has 6 rings (SSSR count). The Morgan fingerprint density at radius 2 is 1.55 bits per heavy atom. The van der Waals surface area contributed by atoms with E-state index in [9.17, 15) is 24.3 Å². The molecular weight excluding hydrogens is 624 g/mol. The van der Waals surface area contributed by atoms with Crippen LogP contribution in [0, 0.1) is 11.3 Å². The van der Waals surface area contributed by atoms with E-state index in [1.165, 1.54) is 11.0 Å². The third kappa shape index (κ3) is 6.95. The highest BCUT2D eigenvalue weighted by Crippen LogP contribution is 2.45. The molecule has 3 N–H and O–H groups in total. The molecule has 3 aromatic rings. The normalized spacial score (nSPS) is 24.2. The number of hydrogen-bond acceptors (Lipinski definition) is 7. The van der Waals surface area contributed by atoms with E-state index in [0.717, 1.165) is 36.8 Å². The minimum atomic E-state index is -1.48. The van der Waals surface area contributed by atoms with Crippen molar-refractivity contribution in [1.29, 1.82) is 0 Å². The van der Waals surface area contributed by atoms with E-state index in [4.69, 9.17) is 14.9 Å². The van der Waals surface area contributed by atoms with Crippen LogP contribution < -0.4 is 10.6 Å². The van der Waals surface area contributed by atoms with Crippen molar-refractivity contribution >= 4 is 23.9 Å². The lowest BCUT2D eigenvalue weighted by atomic mass is 9.85. The Labute approximate surface area is 285 Å². The molecule has 1 saturated heterocycles. The summed E-state index contributed by atoms with van der Waals surface area (Å²) in [6.45, 7) is 9.28. The molecule has 2 saturated carbocycles. The molecule has 2 heterocycles. The van der Waals surface area contributed by atoms with E-state index in [-0.39, 0.29) is 25.5 Å². The van der Waals surface area contributed by atoms with Crippen LogP contribution in [-0.2, 0) is 19.1 Å². The quantitative estimate of drug-likeness (QED) is 0.256.